The normalized spacial score (nSPS) is 15.9. The van der Waals surface area contributed by atoms with Gasteiger partial charge in [0, 0.05) is 10.8 Å². The first-order valence-corrected chi connectivity index (χ1v) is 12.9. The SMILES string of the molecule is CC1=CS(=O)(=O)c2cc(C(=O)N=C(N)N)c(F)cc21.COC(=O)c1cc2c(cc1F)C(C)=CS2(=O)=O. The number of guanidine groups is 1. The van der Waals surface area contributed by atoms with E-state index in [0.29, 0.717) is 11.1 Å². The van der Waals surface area contributed by atoms with E-state index in [2.05, 4.69) is 9.73 Å². The van der Waals surface area contributed by atoms with E-state index in [1.54, 1.807) is 13.8 Å². The summed E-state index contributed by atoms with van der Waals surface area (Å²) in [5, 5.41) is 2.07. The molecule has 36 heavy (non-hydrogen) atoms. The van der Waals surface area contributed by atoms with Crippen molar-refractivity contribution < 1.29 is 39.9 Å². The number of nitrogens with two attached hydrogens (primary N) is 2. The van der Waals surface area contributed by atoms with E-state index in [1.807, 2.05) is 0 Å². The Morgan fingerprint density at radius 2 is 1.22 bits per heavy atom. The van der Waals surface area contributed by atoms with Crippen molar-refractivity contribution in [1.82, 2.24) is 0 Å². The second-order valence-corrected chi connectivity index (χ2v) is 11.2. The van der Waals surface area contributed by atoms with Gasteiger partial charge in [0.15, 0.2) is 5.96 Å². The summed E-state index contributed by atoms with van der Waals surface area (Å²) in [5.74, 6) is -4.12. The number of amides is 1. The van der Waals surface area contributed by atoms with Crippen molar-refractivity contribution >= 4 is 48.7 Å². The average Bonchev–Trinajstić information content (AvgIpc) is 3.12. The predicted molar refractivity (Wildman–Crippen MR) is 126 cm³/mol. The molecule has 2 aromatic carbocycles. The van der Waals surface area contributed by atoms with Crippen LogP contribution in [0.5, 0.6) is 0 Å². The maximum absolute atomic E-state index is 13.8. The third kappa shape index (κ3) is 4.90. The van der Waals surface area contributed by atoms with Crippen LogP contribution in [0, 0.1) is 11.6 Å². The Kier molecular flexibility index (Phi) is 6.88. The van der Waals surface area contributed by atoms with Crippen LogP contribution in [-0.2, 0) is 24.4 Å². The van der Waals surface area contributed by atoms with Gasteiger partial charge in [0.2, 0.25) is 19.7 Å². The molecular formula is C22H19F2N3O7S2. The molecule has 0 saturated carbocycles. The molecule has 0 spiro atoms. The summed E-state index contributed by atoms with van der Waals surface area (Å²) < 4.78 is 78.7. The Morgan fingerprint density at radius 3 is 1.64 bits per heavy atom. The zero-order chi connectivity index (χ0) is 27.2. The van der Waals surface area contributed by atoms with Gasteiger partial charge in [-0.05, 0) is 60.4 Å². The number of ether oxygens (including phenoxy) is 1. The molecule has 2 aromatic rings. The third-order valence-electron chi connectivity index (χ3n) is 5.13. The fourth-order valence-electron chi connectivity index (χ4n) is 3.52. The number of sulfone groups is 2. The van der Waals surface area contributed by atoms with Crippen molar-refractivity contribution in [3.63, 3.8) is 0 Å². The molecule has 0 unspecified atom stereocenters. The first-order chi connectivity index (χ1) is 16.6. The van der Waals surface area contributed by atoms with E-state index in [4.69, 9.17) is 11.5 Å². The van der Waals surface area contributed by atoms with Crippen LogP contribution >= 0.6 is 0 Å². The fraction of sp³-hybridized carbons (Fsp3) is 0.136. The number of aliphatic imine (C=N–C) groups is 1. The van der Waals surface area contributed by atoms with Crippen LogP contribution < -0.4 is 11.5 Å². The Labute approximate surface area is 204 Å². The van der Waals surface area contributed by atoms with E-state index < -0.39 is 54.7 Å². The molecule has 10 nitrogen and oxygen atoms in total. The molecule has 0 aromatic heterocycles. The first kappa shape index (κ1) is 26.7. The Hall–Kier alpha value is -3.91. The summed E-state index contributed by atoms with van der Waals surface area (Å²) in [4.78, 5) is 25.8. The maximum Gasteiger partial charge on any atom is 0.340 e. The standard InChI is InChI=1S/C11H10FN3O3S.C11H9FO4S/c1-5-4-19(17,18)9-3-7(8(12)2-6(5)9)10(16)15-11(13)14;1-6-5-17(14,15)10-4-8(11(13)16-2)9(12)3-7(6)10/h2-4H,1H3,(H4,13,14,15,16);3-5H,1-2H3. The van der Waals surface area contributed by atoms with Gasteiger partial charge in [0.25, 0.3) is 5.91 Å². The fourth-order valence-corrected chi connectivity index (χ4v) is 6.58. The highest BCUT2D eigenvalue weighted by Crippen LogP contribution is 2.36. The predicted octanol–water partition coefficient (Wildman–Crippen LogP) is 2.15. The zero-order valence-corrected chi connectivity index (χ0v) is 20.6. The molecule has 2 aliphatic rings. The first-order valence-electron chi connectivity index (χ1n) is 9.86. The van der Waals surface area contributed by atoms with Crippen molar-refractivity contribution in [3.8, 4) is 0 Å². The van der Waals surface area contributed by atoms with Crippen LogP contribution in [0.2, 0.25) is 0 Å². The van der Waals surface area contributed by atoms with E-state index in [1.165, 1.54) is 0 Å². The number of halogens is 2. The molecule has 190 valence electrons. The van der Waals surface area contributed by atoms with E-state index in [9.17, 15) is 35.2 Å². The summed E-state index contributed by atoms with van der Waals surface area (Å²) in [5.41, 5.74) is 10.6. The lowest BCUT2D eigenvalue weighted by atomic mass is 10.1. The van der Waals surface area contributed by atoms with Crippen molar-refractivity contribution in [2.75, 3.05) is 7.11 Å². The number of hydrogen-bond donors (Lipinski definition) is 2. The van der Waals surface area contributed by atoms with Gasteiger partial charge < -0.3 is 16.2 Å². The smallest absolute Gasteiger partial charge is 0.340 e. The van der Waals surface area contributed by atoms with Crippen LogP contribution in [0.1, 0.15) is 45.7 Å². The minimum atomic E-state index is -3.65. The molecule has 2 aliphatic heterocycles. The number of hydrogen-bond acceptors (Lipinski definition) is 7. The van der Waals surface area contributed by atoms with Crippen LogP contribution in [0.25, 0.3) is 11.1 Å². The van der Waals surface area contributed by atoms with Gasteiger partial charge in [-0.2, -0.15) is 4.99 Å². The molecule has 4 N–H and O–H groups in total. The number of nitrogens with zero attached hydrogens (tertiary/aromatic N) is 1. The number of allylic oxidation sites excluding steroid dienone is 2. The molecule has 0 radical (unpaired) electrons. The number of benzene rings is 2. The summed E-state index contributed by atoms with van der Waals surface area (Å²) in [6, 6.07) is 3.99. The lowest BCUT2D eigenvalue weighted by molar-refractivity contribution is 0.0595. The molecule has 1 amide bonds. The second kappa shape index (κ2) is 9.28. The van der Waals surface area contributed by atoms with Crippen LogP contribution in [0.3, 0.4) is 0 Å². The average molecular weight is 540 g/mol. The second-order valence-electron chi connectivity index (χ2n) is 7.68. The summed E-state index contributed by atoms with van der Waals surface area (Å²) in [6.45, 7) is 3.11. The molecule has 0 fully saturated rings. The molecule has 4 rings (SSSR count). The summed E-state index contributed by atoms with van der Waals surface area (Å²) in [7, 11) is -6.12. The minimum absolute atomic E-state index is 0.0585. The highest BCUT2D eigenvalue weighted by Gasteiger charge is 2.29. The minimum Gasteiger partial charge on any atom is -0.465 e. The van der Waals surface area contributed by atoms with Crippen molar-refractivity contribution in [2.24, 2.45) is 16.5 Å². The lowest BCUT2D eigenvalue weighted by Gasteiger charge is -2.05. The number of carbonyl (C=O) groups is 2. The number of rotatable bonds is 2. The lowest BCUT2D eigenvalue weighted by Crippen LogP contribution is -2.24. The van der Waals surface area contributed by atoms with Crippen molar-refractivity contribution in [2.45, 2.75) is 23.6 Å². The van der Waals surface area contributed by atoms with Crippen LogP contribution in [0.4, 0.5) is 8.78 Å². The quantitative estimate of drug-likeness (QED) is 0.251. The summed E-state index contributed by atoms with van der Waals surface area (Å²) in [6.07, 6.45) is 0. The Morgan fingerprint density at radius 1 is 0.806 bits per heavy atom. The van der Waals surface area contributed by atoms with Gasteiger partial charge in [-0.3, -0.25) is 4.79 Å². The van der Waals surface area contributed by atoms with E-state index >= 15 is 0 Å². The van der Waals surface area contributed by atoms with Gasteiger partial charge >= 0.3 is 5.97 Å². The zero-order valence-electron chi connectivity index (χ0n) is 19.0. The van der Waals surface area contributed by atoms with Gasteiger partial charge in [0.05, 0.1) is 28.0 Å². The van der Waals surface area contributed by atoms with Gasteiger partial charge in [-0.25, -0.2) is 30.4 Å². The van der Waals surface area contributed by atoms with Gasteiger partial charge in [-0.1, -0.05) is 0 Å². The van der Waals surface area contributed by atoms with Crippen molar-refractivity contribution in [1.29, 1.82) is 0 Å². The summed E-state index contributed by atoms with van der Waals surface area (Å²) >= 11 is 0. The van der Waals surface area contributed by atoms with E-state index in [0.717, 1.165) is 42.2 Å². The van der Waals surface area contributed by atoms with Crippen LogP contribution in [0.15, 0.2) is 49.9 Å². The number of methoxy groups -OCH3 is 1. The highest BCUT2D eigenvalue weighted by molar-refractivity contribution is 7.95. The van der Waals surface area contributed by atoms with Crippen LogP contribution in [-0.4, -0.2) is 41.8 Å². The molecule has 0 bridgehead atoms. The number of carbonyl (C=O) groups excluding carboxylic acids is 2. The number of esters is 1. The molecule has 0 saturated heterocycles. The van der Waals surface area contributed by atoms with Gasteiger partial charge in [0.1, 0.15) is 11.6 Å². The largest absolute Gasteiger partial charge is 0.465 e. The molecule has 0 aliphatic carbocycles. The van der Waals surface area contributed by atoms with Crippen molar-refractivity contribution in [3.05, 3.63) is 69.0 Å². The third-order valence-corrected chi connectivity index (χ3v) is 8.36. The number of fused-ring (bicyclic) bond motifs is 2. The van der Waals surface area contributed by atoms with E-state index in [-0.39, 0.29) is 26.5 Å². The molecule has 0 atom stereocenters. The highest BCUT2D eigenvalue weighted by atomic mass is 32.2. The monoisotopic (exact) mass is 539 g/mol. The Bertz CT molecular complexity index is 1640. The topological polar surface area (TPSA) is 176 Å². The Balaban J connectivity index is 0.000000202. The maximum atomic E-state index is 13.8. The van der Waals surface area contributed by atoms with Gasteiger partial charge in [-0.15, -0.1) is 0 Å². The molecular weight excluding hydrogens is 520 g/mol. The molecule has 14 heteroatoms. The molecule has 2 heterocycles.